The van der Waals surface area contributed by atoms with Gasteiger partial charge in [0.15, 0.2) is 11.6 Å². The zero-order chi connectivity index (χ0) is 15.1. The highest BCUT2D eigenvalue weighted by Gasteiger charge is 2.22. The van der Waals surface area contributed by atoms with Crippen molar-refractivity contribution in [1.82, 2.24) is 10.2 Å². The molecule has 0 amide bonds. The summed E-state index contributed by atoms with van der Waals surface area (Å²) in [6.45, 7) is 7.54. The van der Waals surface area contributed by atoms with Crippen LogP contribution in [-0.4, -0.2) is 31.1 Å². The van der Waals surface area contributed by atoms with Gasteiger partial charge in [0, 0.05) is 32.2 Å². The maximum atomic E-state index is 13.5. The molecule has 2 rings (SSSR count). The summed E-state index contributed by atoms with van der Waals surface area (Å²) in [5.74, 6) is -1.52. The van der Waals surface area contributed by atoms with Crippen molar-refractivity contribution in [2.45, 2.75) is 31.7 Å². The molecule has 0 aromatic heterocycles. The van der Waals surface area contributed by atoms with Gasteiger partial charge in [0.05, 0.1) is 0 Å². The first kappa shape index (κ1) is 19.1. The minimum Gasteiger partial charge on any atom is -0.314 e. The molecule has 0 saturated carbocycles. The SMILES string of the molecule is C=CCCCC[C@@H](c1ccc(F)c(F)c1)N1CCNCC1.Cl. The molecular formula is C17H25ClF2N2. The monoisotopic (exact) mass is 330 g/mol. The van der Waals surface area contributed by atoms with Gasteiger partial charge in [0.25, 0.3) is 0 Å². The van der Waals surface area contributed by atoms with Crippen LogP contribution in [0.2, 0.25) is 0 Å². The van der Waals surface area contributed by atoms with Crippen molar-refractivity contribution in [3.8, 4) is 0 Å². The summed E-state index contributed by atoms with van der Waals surface area (Å²) in [7, 11) is 0. The topological polar surface area (TPSA) is 15.3 Å². The summed E-state index contributed by atoms with van der Waals surface area (Å²) < 4.78 is 26.7. The van der Waals surface area contributed by atoms with E-state index in [1.807, 2.05) is 6.08 Å². The van der Waals surface area contributed by atoms with Gasteiger partial charge >= 0.3 is 0 Å². The molecular weight excluding hydrogens is 306 g/mol. The average Bonchev–Trinajstić information content (AvgIpc) is 2.51. The van der Waals surface area contributed by atoms with Crippen molar-refractivity contribution in [3.05, 3.63) is 48.1 Å². The van der Waals surface area contributed by atoms with E-state index < -0.39 is 11.6 Å². The minimum absolute atomic E-state index is 0. The van der Waals surface area contributed by atoms with Gasteiger partial charge < -0.3 is 5.32 Å². The average molecular weight is 331 g/mol. The van der Waals surface area contributed by atoms with Crippen LogP contribution in [0.4, 0.5) is 8.78 Å². The lowest BCUT2D eigenvalue weighted by molar-refractivity contribution is 0.162. The third-order valence-corrected chi connectivity index (χ3v) is 4.06. The fraction of sp³-hybridized carbons (Fsp3) is 0.529. The molecule has 1 heterocycles. The number of allylic oxidation sites excluding steroid dienone is 1. The molecule has 0 bridgehead atoms. The van der Waals surface area contributed by atoms with Crippen LogP contribution in [-0.2, 0) is 0 Å². The summed E-state index contributed by atoms with van der Waals surface area (Å²) in [4.78, 5) is 2.37. The number of hydrogen-bond acceptors (Lipinski definition) is 2. The first-order valence-electron chi connectivity index (χ1n) is 7.73. The van der Waals surface area contributed by atoms with Crippen LogP contribution in [0.1, 0.15) is 37.3 Å². The molecule has 5 heteroatoms. The Morgan fingerprint density at radius 1 is 1.18 bits per heavy atom. The highest BCUT2D eigenvalue weighted by molar-refractivity contribution is 5.85. The number of halogens is 3. The maximum Gasteiger partial charge on any atom is 0.159 e. The second kappa shape index (κ2) is 9.93. The lowest BCUT2D eigenvalue weighted by atomic mass is 9.98. The molecule has 0 aliphatic carbocycles. The van der Waals surface area contributed by atoms with Gasteiger partial charge in [-0.15, -0.1) is 19.0 Å². The molecule has 1 aliphatic heterocycles. The minimum atomic E-state index is -0.774. The molecule has 1 aromatic rings. The van der Waals surface area contributed by atoms with E-state index in [0.717, 1.165) is 57.4 Å². The van der Waals surface area contributed by atoms with Crippen molar-refractivity contribution in [2.75, 3.05) is 26.2 Å². The number of rotatable bonds is 7. The zero-order valence-corrected chi connectivity index (χ0v) is 13.7. The fourth-order valence-electron chi connectivity index (χ4n) is 2.90. The molecule has 1 fully saturated rings. The van der Waals surface area contributed by atoms with Crippen LogP contribution < -0.4 is 5.32 Å². The Morgan fingerprint density at radius 2 is 1.91 bits per heavy atom. The van der Waals surface area contributed by atoms with E-state index in [-0.39, 0.29) is 18.4 Å². The van der Waals surface area contributed by atoms with E-state index in [2.05, 4.69) is 16.8 Å². The highest BCUT2D eigenvalue weighted by Crippen LogP contribution is 2.28. The number of nitrogens with one attached hydrogen (secondary N) is 1. The lowest BCUT2D eigenvalue weighted by Gasteiger charge is -2.35. The van der Waals surface area contributed by atoms with Crippen molar-refractivity contribution < 1.29 is 8.78 Å². The van der Waals surface area contributed by atoms with Gasteiger partial charge in [0.2, 0.25) is 0 Å². The van der Waals surface area contributed by atoms with Crippen LogP contribution >= 0.6 is 12.4 Å². The number of unbranched alkanes of at least 4 members (excludes halogenated alkanes) is 2. The van der Waals surface area contributed by atoms with Crippen LogP contribution in [0.5, 0.6) is 0 Å². The fourth-order valence-corrected chi connectivity index (χ4v) is 2.90. The van der Waals surface area contributed by atoms with Crippen molar-refractivity contribution in [1.29, 1.82) is 0 Å². The van der Waals surface area contributed by atoms with Gasteiger partial charge in [0.1, 0.15) is 0 Å². The van der Waals surface area contributed by atoms with Gasteiger partial charge in [-0.05, 0) is 37.0 Å². The Balaban J connectivity index is 0.00000242. The summed E-state index contributed by atoms with van der Waals surface area (Å²) >= 11 is 0. The molecule has 1 aromatic carbocycles. The molecule has 1 atom stereocenters. The third kappa shape index (κ3) is 5.34. The molecule has 0 unspecified atom stereocenters. The Labute approximate surface area is 138 Å². The maximum absolute atomic E-state index is 13.5. The van der Waals surface area contributed by atoms with E-state index in [9.17, 15) is 8.78 Å². The standard InChI is InChI=1S/C17H24F2N2.ClH/c1-2-3-4-5-6-17(21-11-9-20-10-12-21)14-7-8-15(18)16(19)13-14;/h2,7-8,13,17,20H,1,3-6,9-12H2;1H/t17-;/m0./s1. The molecule has 1 saturated heterocycles. The van der Waals surface area contributed by atoms with Crippen LogP contribution in [0.25, 0.3) is 0 Å². The van der Waals surface area contributed by atoms with Crippen molar-refractivity contribution in [3.63, 3.8) is 0 Å². The molecule has 2 nitrogen and oxygen atoms in total. The molecule has 1 aliphatic rings. The Morgan fingerprint density at radius 3 is 2.55 bits per heavy atom. The smallest absolute Gasteiger partial charge is 0.159 e. The summed E-state index contributed by atoms with van der Waals surface area (Å²) in [6.07, 6.45) is 6.07. The van der Waals surface area contributed by atoms with Crippen molar-refractivity contribution >= 4 is 12.4 Å². The van der Waals surface area contributed by atoms with Crippen LogP contribution in [0.3, 0.4) is 0 Å². The van der Waals surface area contributed by atoms with Crippen LogP contribution in [0, 0.1) is 11.6 Å². The molecule has 1 N–H and O–H groups in total. The summed E-state index contributed by atoms with van der Waals surface area (Å²) in [5.41, 5.74) is 0.884. The van der Waals surface area contributed by atoms with E-state index in [1.165, 1.54) is 12.1 Å². The quantitative estimate of drug-likeness (QED) is 0.598. The predicted octanol–water partition coefficient (Wildman–Crippen LogP) is 4.08. The van der Waals surface area contributed by atoms with E-state index >= 15 is 0 Å². The third-order valence-electron chi connectivity index (χ3n) is 4.06. The number of nitrogens with zero attached hydrogens (tertiary/aromatic N) is 1. The van der Waals surface area contributed by atoms with Crippen LogP contribution in [0.15, 0.2) is 30.9 Å². The number of hydrogen-bond donors (Lipinski definition) is 1. The van der Waals surface area contributed by atoms with Gasteiger partial charge in [-0.25, -0.2) is 8.78 Å². The first-order valence-corrected chi connectivity index (χ1v) is 7.73. The second-order valence-electron chi connectivity index (χ2n) is 5.55. The van der Waals surface area contributed by atoms with Gasteiger partial charge in [-0.2, -0.15) is 0 Å². The molecule has 124 valence electrons. The predicted molar refractivity (Wildman–Crippen MR) is 89.5 cm³/mol. The normalized spacial score (nSPS) is 16.8. The van der Waals surface area contributed by atoms with Gasteiger partial charge in [-0.1, -0.05) is 18.6 Å². The Kier molecular flexibility index (Phi) is 8.61. The molecule has 0 spiro atoms. The number of benzene rings is 1. The Bertz CT molecular complexity index is 462. The van der Waals surface area contributed by atoms with Crippen molar-refractivity contribution in [2.24, 2.45) is 0 Å². The second-order valence-corrected chi connectivity index (χ2v) is 5.55. The Hall–Kier alpha value is -0.970. The lowest BCUT2D eigenvalue weighted by Crippen LogP contribution is -2.45. The largest absolute Gasteiger partial charge is 0.314 e. The summed E-state index contributed by atoms with van der Waals surface area (Å²) in [6, 6.07) is 4.49. The highest BCUT2D eigenvalue weighted by atomic mass is 35.5. The molecule has 0 radical (unpaired) electrons. The van der Waals surface area contributed by atoms with E-state index in [1.54, 1.807) is 6.07 Å². The van der Waals surface area contributed by atoms with Gasteiger partial charge in [-0.3, -0.25) is 4.90 Å². The zero-order valence-electron chi connectivity index (χ0n) is 12.9. The van der Waals surface area contributed by atoms with E-state index in [4.69, 9.17) is 0 Å². The summed E-state index contributed by atoms with van der Waals surface area (Å²) in [5, 5.41) is 3.33. The molecule has 22 heavy (non-hydrogen) atoms. The number of piperazine rings is 1. The first-order chi connectivity index (χ1) is 10.2. The van der Waals surface area contributed by atoms with E-state index in [0.29, 0.717) is 0 Å².